The van der Waals surface area contributed by atoms with Crippen molar-refractivity contribution in [3.8, 4) is 11.7 Å². The molecule has 3 aromatic heterocycles. The lowest BCUT2D eigenvalue weighted by Crippen LogP contribution is -2.24. The number of aryl methyl sites for hydroxylation is 1. The maximum absolute atomic E-state index is 12.2. The Balaban J connectivity index is 1.84. The van der Waals surface area contributed by atoms with Crippen molar-refractivity contribution < 1.29 is 9.53 Å². The fourth-order valence-electron chi connectivity index (χ4n) is 3.01. The molecule has 1 atom stereocenters. The van der Waals surface area contributed by atoms with Gasteiger partial charge in [0.1, 0.15) is 5.82 Å². The zero-order chi connectivity index (χ0) is 16.7. The molecule has 4 heterocycles. The van der Waals surface area contributed by atoms with Crippen molar-refractivity contribution in [3.05, 3.63) is 45.8 Å². The Hall–Kier alpha value is -2.74. The monoisotopic (exact) mass is 341 g/mol. The fraction of sp³-hybridized carbons (Fsp3) is 0.250. The molecule has 3 aromatic rings. The quantitative estimate of drug-likeness (QED) is 0.791. The summed E-state index contributed by atoms with van der Waals surface area (Å²) in [4.78, 5) is 12.2. The normalized spacial score (nSPS) is 16.6. The molecule has 4 rings (SSSR count). The van der Waals surface area contributed by atoms with Crippen molar-refractivity contribution in [2.45, 2.75) is 19.3 Å². The van der Waals surface area contributed by atoms with Crippen molar-refractivity contribution in [3.63, 3.8) is 0 Å². The van der Waals surface area contributed by atoms with Gasteiger partial charge in [0.25, 0.3) is 0 Å². The molecule has 1 amide bonds. The lowest BCUT2D eigenvalue weighted by Gasteiger charge is -2.23. The Bertz CT molecular complexity index is 886. The summed E-state index contributed by atoms with van der Waals surface area (Å²) in [5, 5.41) is 19.7. The first-order chi connectivity index (χ1) is 11.7. The molecule has 0 bridgehead atoms. The number of hydrogen-bond donors (Lipinski definition) is 1. The van der Waals surface area contributed by atoms with E-state index in [0.717, 1.165) is 16.8 Å². The number of amides is 1. The van der Waals surface area contributed by atoms with Crippen LogP contribution >= 0.6 is 11.3 Å². The maximum atomic E-state index is 12.2. The Morgan fingerprint density at radius 2 is 2.21 bits per heavy atom. The summed E-state index contributed by atoms with van der Waals surface area (Å²) in [5.41, 5.74) is 3.05. The van der Waals surface area contributed by atoms with Crippen LogP contribution in [0.25, 0.3) is 5.82 Å². The second kappa shape index (κ2) is 5.72. The van der Waals surface area contributed by atoms with E-state index in [1.165, 1.54) is 7.11 Å². The minimum atomic E-state index is -0.0266. The number of methoxy groups -OCH3 is 1. The standard InChI is InChI=1S/C16H15N5O2S/c1-9-15-11(10-5-6-24-8-10)7-13(22)17-16(15)21(20-9)12-3-4-14(23-2)19-18-12/h3-6,8,11H,7H2,1-2H3,(H,17,22)/t11-/m0/s1. The number of hydrogen-bond acceptors (Lipinski definition) is 6. The van der Waals surface area contributed by atoms with Gasteiger partial charge in [-0.15, -0.1) is 10.2 Å². The van der Waals surface area contributed by atoms with E-state index in [2.05, 4.69) is 32.1 Å². The Kier molecular flexibility index (Phi) is 3.53. The summed E-state index contributed by atoms with van der Waals surface area (Å²) in [5.74, 6) is 1.61. The van der Waals surface area contributed by atoms with E-state index >= 15 is 0 Å². The van der Waals surface area contributed by atoms with Gasteiger partial charge in [0.05, 0.1) is 12.8 Å². The second-order valence-corrected chi connectivity index (χ2v) is 6.33. The first-order valence-electron chi connectivity index (χ1n) is 7.47. The van der Waals surface area contributed by atoms with Gasteiger partial charge in [-0.1, -0.05) is 0 Å². The molecule has 24 heavy (non-hydrogen) atoms. The van der Waals surface area contributed by atoms with Crippen LogP contribution in [-0.4, -0.2) is 33.0 Å². The number of rotatable bonds is 3. The van der Waals surface area contributed by atoms with Crippen molar-refractivity contribution in [1.82, 2.24) is 20.0 Å². The second-order valence-electron chi connectivity index (χ2n) is 5.55. The lowest BCUT2D eigenvalue weighted by atomic mass is 9.87. The zero-order valence-electron chi connectivity index (χ0n) is 13.2. The summed E-state index contributed by atoms with van der Waals surface area (Å²) in [7, 11) is 1.54. The van der Waals surface area contributed by atoms with E-state index in [4.69, 9.17) is 4.74 Å². The molecule has 0 spiro atoms. The summed E-state index contributed by atoms with van der Waals surface area (Å²) in [6, 6.07) is 5.54. The molecule has 8 heteroatoms. The third kappa shape index (κ3) is 2.35. The van der Waals surface area contributed by atoms with Gasteiger partial charge in [0, 0.05) is 24.0 Å². The fourth-order valence-corrected chi connectivity index (χ4v) is 3.72. The SMILES string of the molecule is COc1ccc(-n2nc(C)c3c2NC(=O)C[C@H]3c2ccsc2)nn1. The number of nitrogens with one attached hydrogen (secondary N) is 1. The smallest absolute Gasteiger partial charge is 0.233 e. The molecule has 0 unspecified atom stereocenters. The molecular formula is C16H15N5O2S. The van der Waals surface area contributed by atoms with Crippen LogP contribution in [0.5, 0.6) is 5.88 Å². The number of carbonyl (C=O) groups is 1. The number of nitrogens with zero attached hydrogens (tertiary/aromatic N) is 4. The number of anilines is 1. The van der Waals surface area contributed by atoms with Gasteiger partial charge in [-0.2, -0.15) is 21.1 Å². The molecule has 7 nitrogen and oxygen atoms in total. The van der Waals surface area contributed by atoms with Crippen molar-refractivity contribution >= 4 is 23.1 Å². The molecule has 0 fully saturated rings. The Morgan fingerprint density at radius 3 is 2.88 bits per heavy atom. The van der Waals surface area contributed by atoms with Gasteiger partial charge in [-0.05, 0) is 35.4 Å². The first-order valence-corrected chi connectivity index (χ1v) is 8.41. The van der Waals surface area contributed by atoms with Gasteiger partial charge >= 0.3 is 0 Å². The number of ether oxygens (including phenoxy) is 1. The minimum Gasteiger partial charge on any atom is -0.480 e. The number of aromatic nitrogens is 4. The number of fused-ring (bicyclic) bond motifs is 1. The molecular weight excluding hydrogens is 326 g/mol. The van der Waals surface area contributed by atoms with Gasteiger partial charge in [-0.3, -0.25) is 4.79 Å². The van der Waals surface area contributed by atoms with Crippen LogP contribution in [0.15, 0.2) is 29.0 Å². The molecule has 0 aromatic carbocycles. The molecule has 1 aliphatic rings. The van der Waals surface area contributed by atoms with E-state index in [1.807, 2.05) is 12.3 Å². The van der Waals surface area contributed by atoms with Gasteiger partial charge in [0.2, 0.25) is 11.8 Å². The van der Waals surface area contributed by atoms with Crippen molar-refractivity contribution in [1.29, 1.82) is 0 Å². The average Bonchev–Trinajstić information content (AvgIpc) is 3.23. The highest BCUT2D eigenvalue weighted by molar-refractivity contribution is 7.08. The lowest BCUT2D eigenvalue weighted by molar-refractivity contribution is -0.116. The Morgan fingerprint density at radius 1 is 1.33 bits per heavy atom. The summed E-state index contributed by atoms with van der Waals surface area (Å²) < 4.78 is 6.67. The minimum absolute atomic E-state index is 0.0138. The van der Waals surface area contributed by atoms with Crippen molar-refractivity contribution in [2.75, 3.05) is 12.4 Å². The highest BCUT2D eigenvalue weighted by Gasteiger charge is 2.33. The van der Waals surface area contributed by atoms with Crippen LogP contribution < -0.4 is 10.1 Å². The van der Waals surface area contributed by atoms with Crippen LogP contribution in [0.3, 0.4) is 0 Å². The van der Waals surface area contributed by atoms with Crippen LogP contribution in [0.2, 0.25) is 0 Å². The third-order valence-electron chi connectivity index (χ3n) is 4.10. The molecule has 122 valence electrons. The third-order valence-corrected chi connectivity index (χ3v) is 4.80. The van der Waals surface area contributed by atoms with Gasteiger partial charge in [0.15, 0.2) is 5.82 Å². The molecule has 0 saturated heterocycles. The van der Waals surface area contributed by atoms with Crippen LogP contribution in [0.4, 0.5) is 5.82 Å². The average molecular weight is 341 g/mol. The van der Waals surface area contributed by atoms with E-state index < -0.39 is 0 Å². The molecule has 1 N–H and O–H groups in total. The van der Waals surface area contributed by atoms with Crippen LogP contribution in [0, 0.1) is 6.92 Å². The molecule has 1 aliphatic heterocycles. The van der Waals surface area contributed by atoms with E-state index in [-0.39, 0.29) is 11.8 Å². The largest absolute Gasteiger partial charge is 0.480 e. The van der Waals surface area contributed by atoms with Gasteiger partial charge in [-0.25, -0.2) is 0 Å². The maximum Gasteiger partial charge on any atom is 0.233 e. The van der Waals surface area contributed by atoms with Crippen LogP contribution in [0.1, 0.15) is 29.2 Å². The molecule has 0 saturated carbocycles. The number of thiophene rings is 1. The van der Waals surface area contributed by atoms with E-state index in [0.29, 0.717) is 23.9 Å². The summed E-state index contributed by atoms with van der Waals surface area (Å²) >= 11 is 1.63. The van der Waals surface area contributed by atoms with E-state index in [9.17, 15) is 4.79 Å². The summed E-state index contributed by atoms with van der Waals surface area (Å²) in [6.45, 7) is 1.95. The van der Waals surface area contributed by atoms with Crippen LogP contribution in [-0.2, 0) is 4.79 Å². The first kappa shape index (κ1) is 14.8. The predicted molar refractivity (Wildman–Crippen MR) is 89.9 cm³/mol. The zero-order valence-corrected chi connectivity index (χ0v) is 14.0. The Labute approximate surface area is 142 Å². The summed E-state index contributed by atoms with van der Waals surface area (Å²) in [6.07, 6.45) is 0.421. The topological polar surface area (TPSA) is 81.9 Å². The predicted octanol–water partition coefficient (Wildman–Crippen LogP) is 2.51. The highest BCUT2D eigenvalue weighted by atomic mass is 32.1. The molecule has 0 aliphatic carbocycles. The molecule has 0 radical (unpaired) electrons. The number of carbonyl (C=O) groups excluding carboxylic acids is 1. The highest BCUT2D eigenvalue weighted by Crippen LogP contribution is 2.40. The van der Waals surface area contributed by atoms with E-state index in [1.54, 1.807) is 28.2 Å². The van der Waals surface area contributed by atoms with Gasteiger partial charge < -0.3 is 10.1 Å². The van der Waals surface area contributed by atoms with Crippen molar-refractivity contribution in [2.24, 2.45) is 0 Å².